The van der Waals surface area contributed by atoms with Crippen molar-refractivity contribution < 1.29 is 4.79 Å². The fraction of sp³-hybridized carbons (Fsp3) is 0.364. The van der Waals surface area contributed by atoms with Gasteiger partial charge in [-0.25, -0.2) is 0 Å². The van der Waals surface area contributed by atoms with E-state index in [1.165, 1.54) is 23.1 Å². The molecular formula is C22H21N5OS3. The number of rotatable bonds is 4. The van der Waals surface area contributed by atoms with Gasteiger partial charge in [0.1, 0.15) is 5.82 Å². The molecular weight excluding hydrogens is 446 g/mol. The van der Waals surface area contributed by atoms with Crippen molar-refractivity contribution in [3.05, 3.63) is 44.6 Å². The molecule has 2 N–H and O–H groups in total. The van der Waals surface area contributed by atoms with E-state index in [9.17, 15) is 10.1 Å². The number of thioether (sulfide) groups is 1. The van der Waals surface area contributed by atoms with Gasteiger partial charge in [0.15, 0.2) is 10.1 Å². The van der Waals surface area contributed by atoms with E-state index in [1.54, 1.807) is 16.2 Å². The van der Waals surface area contributed by atoms with E-state index >= 15 is 0 Å². The average molecular weight is 468 g/mol. The molecule has 4 rings (SSSR count). The van der Waals surface area contributed by atoms with Gasteiger partial charge in [-0.05, 0) is 35.8 Å². The summed E-state index contributed by atoms with van der Waals surface area (Å²) in [5, 5.41) is 21.2. The summed E-state index contributed by atoms with van der Waals surface area (Å²) in [5.74, 6) is 2.99. The standard InChI is InChI=1S/C22H21N5OS3/c1-5-7-30-21-26-25-20(31-21)27-14-9-22(3,4)10-15(28)17(14)16(13(11-23)19(27)24)18-12(2)6-8-29-18/h1,6,8,16H,7,9-10,24H2,2-4H3. The average Bonchev–Trinajstić information content (AvgIpc) is 3.33. The maximum atomic E-state index is 13.4. The predicted molar refractivity (Wildman–Crippen MR) is 126 cm³/mol. The number of terminal acetylenes is 1. The van der Waals surface area contributed by atoms with Crippen LogP contribution in [0.5, 0.6) is 0 Å². The Morgan fingerprint density at radius 3 is 2.84 bits per heavy atom. The van der Waals surface area contributed by atoms with Crippen molar-refractivity contribution in [3.63, 3.8) is 0 Å². The summed E-state index contributed by atoms with van der Waals surface area (Å²) >= 11 is 4.33. The van der Waals surface area contributed by atoms with E-state index in [1.807, 2.05) is 18.4 Å². The Hall–Kier alpha value is -2.59. The zero-order valence-corrected chi connectivity index (χ0v) is 19.9. The van der Waals surface area contributed by atoms with Gasteiger partial charge in [-0.1, -0.05) is 42.9 Å². The third kappa shape index (κ3) is 3.78. The molecule has 0 spiro atoms. The van der Waals surface area contributed by atoms with Crippen LogP contribution in [0.15, 0.2) is 38.5 Å². The fourth-order valence-electron chi connectivity index (χ4n) is 4.12. The van der Waals surface area contributed by atoms with Gasteiger partial charge in [-0.2, -0.15) is 5.26 Å². The Balaban J connectivity index is 1.92. The Morgan fingerprint density at radius 1 is 1.42 bits per heavy atom. The molecule has 1 unspecified atom stereocenters. The zero-order chi connectivity index (χ0) is 22.3. The molecule has 0 aromatic carbocycles. The first-order chi connectivity index (χ1) is 14.8. The number of hydrogen-bond donors (Lipinski definition) is 1. The molecule has 0 radical (unpaired) electrons. The molecule has 0 saturated carbocycles. The van der Waals surface area contributed by atoms with Gasteiger partial charge >= 0.3 is 0 Å². The zero-order valence-electron chi connectivity index (χ0n) is 17.4. The Labute approximate surface area is 193 Å². The van der Waals surface area contributed by atoms with Crippen LogP contribution < -0.4 is 10.6 Å². The topological polar surface area (TPSA) is 95.9 Å². The highest BCUT2D eigenvalue weighted by atomic mass is 32.2. The molecule has 9 heteroatoms. The van der Waals surface area contributed by atoms with Crippen LogP contribution in [0.3, 0.4) is 0 Å². The minimum absolute atomic E-state index is 0.0562. The van der Waals surface area contributed by atoms with Crippen molar-refractivity contribution in [2.24, 2.45) is 11.1 Å². The van der Waals surface area contributed by atoms with Crippen LogP contribution in [0.1, 0.15) is 43.0 Å². The van der Waals surface area contributed by atoms with E-state index in [-0.39, 0.29) is 11.2 Å². The number of carbonyl (C=O) groups excluding carboxylic acids is 1. The number of ketones is 1. The highest BCUT2D eigenvalue weighted by Crippen LogP contribution is 2.51. The second-order valence-electron chi connectivity index (χ2n) is 8.29. The second kappa shape index (κ2) is 8.16. The van der Waals surface area contributed by atoms with Crippen LogP contribution in [-0.4, -0.2) is 21.7 Å². The number of thiophene rings is 1. The summed E-state index contributed by atoms with van der Waals surface area (Å²) in [6.45, 7) is 6.15. The van der Waals surface area contributed by atoms with Gasteiger partial charge in [0.05, 0.1) is 23.3 Å². The monoisotopic (exact) mass is 467 g/mol. The van der Waals surface area contributed by atoms with Crippen LogP contribution >= 0.6 is 34.4 Å². The predicted octanol–water partition coefficient (Wildman–Crippen LogP) is 4.57. The molecule has 31 heavy (non-hydrogen) atoms. The second-order valence-corrected chi connectivity index (χ2v) is 11.4. The summed E-state index contributed by atoms with van der Waals surface area (Å²) in [6.07, 6.45) is 6.44. The maximum Gasteiger partial charge on any atom is 0.219 e. The smallest absolute Gasteiger partial charge is 0.219 e. The lowest BCUT2D eigenvalue weighted by molar-refractivity contribution is -0.118. The van der Waals surface area contributed by atoms with Crippen molar-refractivity contribution in [2.75, 3.05) is 10.7 Å². The number of anilines is 1. The highest BCUT2D eigenvalue weighted by molar-refractivity contribution is 8.01. The van der Waals surface area contributed by atoms with E-state index in [0.29, 0.717) is 40.7 Å². The maximum absolute atomic E-state index is 13.4. The van der Waals surface area contributed by atoms with Crippen LogP contribution in [0, 0.1) is 36.0 Å². The van der Waals surface area contributed by atoms with Crippen LogP contribution in [0.4, 0.5) is 5.13 Å². The van der Waals surface area contributed by atoms with Crippen molar-refractivity contribution in [2.45, 2.75) is 43.9 Å². The van der Waals surface area contributed by atoms with Crippen LogP contribution in [0.25, 0.3) is 0 Å². The number of nitrogens with two attached hydrogens (primary N) is 1. The lowest BCUT2D eigenvalue weighted by Gasteiger charge is -2.42. The Kier molecular flexibility index (Phi) is 5.69. The number of nitrogens with zero attached hydrogens (tertiary/aromatic N) is 4. The van der Waals surface area contributed by atoms with Crippen molar-refractivity contribution >= 4 is 45.4 Å². The lowest BCUT2D eigenvalue weighted by Crippen LogP contribution is -2.42. The van der Waals surface area contributed by atoms with Crippen LogP contribution in [-0.2, 0) is 4.79 Å². The third-order valence-electron chi connectivity index (χ3n) is 5.41. The largest absolute Gasteiger partial charge is 0.384 e. The summed E-state index contributed by atoms with van der Waals surface area (Å²) in [5.41, 5.74) is 9.29. The molecule has 3 heterocycles. The number of aromatic nitrogens is 2. The first kappa shape index (κ1) is 21.6. The Bertz CT molecular complexity index is 1200. The van der Waals surface area contributed by atoms with E-state index < -0.39 is 5.92 Å². The van der Waals surface area contributed by atoms with Crippen molar-refractivity contribution in [1.82, 2.24) is 10.2 Å². The molecule has 1 aliphatic heterocycles. The summed E-state index contributed by atoms with van der Waals surface area (Å²) in [4.78, 5) is 16.2. The van der Waals surface area contributed by atoms with E-state index in [4.69, 9.17) is 12.2 Å². The highest BCUT2D eigenvalue weighted by Gasteiger charge is 2.46. The van der Waals surface area contributed by atoms with Gasteiger partial charge in [-0.15, -0.1) is 28.0 Å². The SMILES string of the molecule is C#CCSc1nnc(N2C(N)=C(C#N)C(c3sccc3C)C3=C2CC(C)(C)CC3=O)s1. The molecule has 0 saturated heterocycles. The minimum Gasteiger partial charge on any atom is -0.384 e. The first-order valence-electron chi connectivity index (χ1n) is 9.67. The van der Waals surface area contributed by atoms with Gasteiger partial charge in [0.2, 0.25) is 5.13 Å². The molecule has 2 aromatic rings. The molecule has 6 nitrogen and oxygen atoms in total. The molecule has 2 aliphatic rings. The summed E-state index contributed by atoms with van der Waals surface area (Å²) in [7, 11) is 0. The van der Waals surface area contributed by atoms with Crippen LogP contribution in [0.2, 0.25) is 0 Å². The minimum atomic E-state index is -0.442. The number of aryl methyl sites for hydroxylation is 1. The van der Waals surface area contributed by atoms with Gasteiger partial charge in [-0.3, -0.25) is 9.69 Å². The molecule has 1 atom stereocenters. The first-order valence-corrected chi connectivity index (χ1v) is 12.4. The van der Waals surface area contributed by atoms with Gasteiger partial charge < -0.3 is 5.73 Å². The van der Waals surface area contributed by atoms with E-state index in [0.717, 1.165) is 20.5 Å². The molecule has 0 amide bonds. The van der Waals surface area contributed by atoms with Crippen molar-refractivity contribution in [1.29, 1.82) is 5.26 Å². The summed E-state index contributed by atoms with van der Waals surface area (Å²) in [6, 6.07) is 4.30. The number of allylic oxidation sites excluding steroid dienone is 3. The van der Waals surface area contributed by atoms with Crippen molar-refractivity contribution in [3.8, 4) is 18.4 Å². The number of Topliss-reactive ketones (excluding diaryl/α,β-unsaturated/α-hetero) is 1. The molecule has 158 valence electrons. The summed E-state index contributed by atoms with van der Waals surface area (Å²) < 4.78 is 0.721. The molecule has 1 aliphatic carbocycles. The third-order valence-corrected chi connectivity index (χ3v) is 8.44. The van der Waals surface area contributed by atoms with Gasteiger partial charge in [0.25, 0.3) is 0 Å². The normalized spacial score (nSPS) is 20.5. The lowest BCUT2D eigenvalue weighted by atomic mass is 9.69. The Morgan fingerprint density at radius 2 is 2.19 bits per heavy atom. The molecule has 0 fully saturated rings. The van der Waals surface area contributed by atoms with E-state index in [2.05, 4.69) is 36.0 Å². The number of nitriles is 1. The molecule has 0 bridgehead atoms. The fourth-order valence-corrected chi connectivity index (χ4v) is 6.73. The molecule has 2 aromatic heterocycles. The quantitative estimate of drug-likeness (QED) is 0.519. The number of carbonyl (C=O) groups is 1. The number of hydrogen-bond acceptors (Lipinski definition) is 9. The van der Waals surface area contributed by atoms with Gasteiger partial charge in [0, 0.05) is 22.6 Å².